The number of methoxy groups -OCH3 is 1. The van der Waals surface area contributed by atoms with Gasteiger partial charge in [0.05, 0.1) is 7.11 Å². The third-order valence-electron chi connectivity index (χ3n) is 1.00. The predicted molar refractivity (Wildman–Crippen MR) is 44.2 cm³/mol. The Bertz CT molecular complexity index is 137. The molecule has 0 saturated carbocycles. The smallest absolute Gasteiger partial charge is 0.187 e. The molecule has 0 aromatic rings. The Balaban J connectivity index is 3.99. The number of rotatable bonds is 2. The molecular weight excluding hydrogens is 126 g/mol. The van der Waals surface area contributed by atoms with Gasteiger partial charge in [0.2, 0.25) is 0 Å². The van der Waals surface area contributed by atoms with E-state index < -0.39 is 0 Å². The van der Waals surface area contributed by atoms with Gasteiger partial charge in [0.1, 0.15) is 0 Å². The molecule has 0 amide bonds. The second-order valence-corrected chi connectivity index (χ2v) is 2.29. The van der Waals surface area contributed by atoms with Crippen LogP contribution in [0.15, 0.2) is 16.8 Å². The van der Waals surface area contributed by atoms with Crippen LogP contribution in [-0.4, -0.2) is 13.0 Å². The molecule has 0 atom stereocenters. The second-order valence-electron chi connectivity index (χ2n) is 2.29. The van der Waals surface area contributed by atoms with Crippen molar-refractivity contribution in [2.24, 2.45) is 4.99 Å². The highest BCUT2D eigenvalue weighted by atomic mass is 16.5. The minimum Gasteiger partial charge on any atom is -0.484 e. The molecule has 0 heterocycles. The first-order valence-corrected chi connectivity index (χ1v) is 3.44. The highest BCUT2D eigenvalue weighted by Crippen LogP contribution is 1.92. The van der Waals surface area contributed by atoms with Crippen LogP contribution in [-0.2, 0) is 4.74 Å². The SMILES string of the molecule is CCC(=NC=C(C)C)OC. The summed E-state index contributed by atoms with van der Waals surface area (Å²) in [5, 5.41) is 0. The average Bonchev–Trinajstić information content (AvgIpc) is 1.90. The number of hydrogen-bond acceptors (Lipinski definition) is 2. The van der Waals surface area contributed by atoms with Gasteiger partial charge >= 0.3 is 0 Å². The highest BCUT2D eigenvalue weighted by molar-refractivity contribution is 5.76. The van der Waals surface area contributed by atoms with Crippen molar-refractivity contribution in [3.63, 3.8) is 0 Å². The van der Waals surface area contributed by atoms with Gasteiger partial charge in [0, 0.05) is 12.6 Å². The van der Waals surface area contributed by atoms with Gasteiger partial charge in [0.25, 0.3) is 0 Å². The van der Waals surface area contributed by atoms with Gasteiger partial charge in [-0.1, -0.05) is 12.5 Å². The highest BCUT2D eigenvalue weighted by Gasteiger charge is 1.88. The zero-order valence-corrected chi connectivity index (χ0v) is 7.14. The summed E-state index contributed by atoms with van der Waals surface area (Å²) in [6, 6.07) is 0. The van der Waals surface area contributed by atoms with Crippen LogP contribution >= 0.6 is 0 Å². The van der Waals surface area contributed by atoms with E-state index in [-0.39, 0.29) is 0 Å². The molecule has 0 aliphatic heterocycles. The van der Waals surface area contributed by atoms with Crippen molar-refractivity contribution in [3.05, 3.63) is 11.8 Å². The molecule has 0 saturated heterocycles. The number of hydrogen-bond donors (Lipinski definition) is 0. The van der Waals surface area contributed by atoms with Crippen LogP contribution in [0.25, 0.3) is 0 Å². The quantitative estimate of drug-likeness (QED) is 0.427. The molecule has 10 heavy (non-hydrogen) atoms. The maximum atomic E-state index is 4.96. The lowest BCUT2D eigenvalue weighted by Crippen LogP contribution is -1.96. The van der Waals surface area contributed by atoms with Crippen LogP contribution in [0.2, 0.25) is 0 Å². The number of aliphatic imine (C=N–C) groups is 1. The molecule has 0 fully saturated rings. The standard InChI is InChI=1S/C8H15NO/c1-5-8(10-4)9-6-7(2)3/h6H,5H2,1-4H3. The van der Waals surface area contributed by atoms with Crippen molar-refractivity contribution in [2.75, 3.05) is 7.11 Å². The zero-order valence-electron chi connectivity index (χ0n) is 7.14. The Hall–Kier alpha value is -0.790. The van der Waals surface area contributed by atoms with Crippen molar-refractivity contribution in [1.29, 1.82) is 0 Å². The van der Waals surface area contributed by atoms with Gasteiger partial charge < -0.3 is 4.74 Å². The Morgan fingerprint density at radius 2 is 2.10 bits per heavy atom. The molecule has 0 aliphatic carbocycles. The first-order valence-electron chi connectivity index (χ1n) is 3.44. The predicted octanol–water partition coefficient (Wildman–Crippen LogP) is 2.37. The van der Waals surface area contributed by atoms with Crippen LogP contribution in [0, 0.1) is 0 Å². The van der Waals surface area contributed by atoms with E-state index in [1.54, 1.807) is 7.11 Å². The lowest BCUT2D eigenvalue weighted by molar-refractivity contribution is 0.392. The fraction of sp³-hybridized carbons (Fsp3) is 0.625. The van der Waals surface area contributed by atoms with Crippen molar-refractivity contribution < 1.29 is 4.74 Å². The molecule has 0 spiro atoms. The monoisotopic (exact) mass is 141 g/mol. The van der Waals surface area contributed by atoms with Crippen molar-refractivity contribution in [1.82, 2.24) is 0 Å². The van der Waals surface area contributed by atoms with Crippen LogP contribution in [0.5, 0.6) is 0 Å². The maximum Gasteiger partial charge on any atom is 0.187 e. The molecule has 0 aliphatic rings. The summed E-state index contributed by atoms with van der Waals surface area (Å²) in [7, 11) is 1.64. The van der Waals surface area contributed by atoms with E-state index in [0.717, 1.165) is 12.3 Å². The third kappa shape index (κ3) is 4.13. The molecule has 0 radical (unpaired) electrons. The maximum absolute atomic E-state index is 4.96. The van der Waals surface area contributed by atoms with E-state index in [1.807, 2.05) is 27.0 Å². The molecule has 0 aromatic heterocycles. The summed E-state index contributed by atoms with van der Waals surface area (Å²) in [6.45, 7) is 6.03. The lowest BCUT2D eigenvalue weighted by Gasteiger charge is -1.97. The van der Waals surface area contributed by atoms with Gasteiger partial charge in [0.15, 0.2) is 5.90 Å². The molecule has 0 aromatic carbocycles. The van der Waals surface area contributed by atoms with E-state index in [2.05, 4.69) is 4.99 Å². The van der Waals surface area contributed by atoms with E-state index >= 15 is 0 Å². The Kier molecular flexibility index (Phi) is 4.63. The zero-order chi connectivity index (χ0) is 7.98. The molecule has 0 unspecified atom stereocenters. The molecular formula is C8H15NO. The second kappa shape index (κ2) is 5.03. The summed E-state index contributed by atoms with van der Waals surface area (Å²) < 4.78 is 4.96. The minimum atomic E-state index is 0.779. The summed E-state index contributed by atoms with van der Waals surface area (Å²) >= 11 is 0. The molecule has 2 heteroatoms. The largest absolute Gasteiger partial charge is 0.484 e. The van der Waals surface area contributed by atoms with Crippen molar-refractivity contribution in [2.45, 2.75) is 27.2 Å². The first-order chi connectivity index (χ1) is 4.70. The lowest BCUT2D eigenvalue weighted by atomic mass is 10.4. The number of nitrogens with zero attached hydrogens (tertiary/aromatic N) is 1. The van der Waals surface area contributed by atoms with Crippen LogP contribution < -0.4 is 0 Å². The van der Waals surface area contributed by atoms with Crippen LogP contribution in [0.1, 0.15) is 27.2 Å². The molecule has 0 rings (SSSR count). The summed E-state index contributed by atoms with van der Waals surface area (Å²) in [6.07, 6.45) is 2.66. The van der Waals surface area contributed by atoms with Gasteiger partial charge in [-0.05, 0) is 13.8 Å². The molecule has 0 bridgehead atoms. The van der Waals surface area contributed by atoms with E-state index in [9.17, 15) is 0 Å². The van der Waals surface area contributed by atoms with E-state index in [0.29, 0.717) is 0 Å². The van der Waals surface area contributed by atoms with Crippen LogP contribution in [0.3, 0.4) is 0 Å². The molecule has 0 N–H and O–H groups in total. The number of allylic oxidation sites excluding steroid dienone is 1. The normalized spacial score (nSPS) is 11.0. The van der Waals surface area contributed by atoms with Gasteiger partial charge in [-0.15, -0.1) is 0 Å². The van der Waals surface area contributed by atoms with Gasteiger partial charge in [-0.3, -0.25) is 0 Å². The topological polar surface area (TPSA) is 21.6 Å². The van der Waals surface area contributed by atoms with Crippen molar-refractivity contribution >= 4 is 5.90 Å². The van der Waals surface area contributed by atoms with Crippen LogP contribution in [0.4, 0.5) is 0 Å². The molecule has 2 nitrogen and oxygen atoms in total. The van der Waals surface area contributed by atoms with E-state index in [4.69, 9.17) is 4.74 Å². The van der Waals surface area contributed by atoms with E-state index in [1.165, 1.54) is 5.57 Å². The fourth-order valence-electron chi connectivity index (χ4n) is 0.489. The van der Waals surface area contributed by atoms with Gasteiger partial charge in [-0.25, -0.2) is 4.99 Å². The molecule has 58 valence electrons. The number of ether oxygens (including phenoxy) is 1. The fourth-order valence-corrected chi connectivity index (χ4v) is 0.489. The first kappa shape index (κ1) is 9.21. The third-order valence-corrected chi connectivity index (χ3v) is 1.00. The summed E-state index contributed by atoms with van der Waals surface area (Å²) in [5.74, 6) is 0.779. The summed E-state index contributed by atoms with van der Waals surface area (Å²) in [5.41, 5.74) is 1.18. The Morgan fingerprint density at radius 1 is 1.50 bits per heavy atom. The Labute approximate surface area is 62.6 Å². The summed E-state index contributed by atoms with van der Waals surface area (Å²) in [4.78, 5) is 4.09. The van der Waals surface area contributed by atoms with Gasteiger partial charge in [-0.2, -0.15) is 0 Å². The average molecular weight is 141 g/mol. The van der Waals surface area contributed by atoms with Crippen molar-refractivity contribution in [3.8, 4) is 0 Å². The Morgan fingerprint density at radius 3 is 2.40 bits per heavy atom. The minimum absolute atomic E-state index is 0.779.